The van der Waals surface area contributed by atoms with E-state index in [-0.39, 0.29) is 18.5 Å². The van der Waals surface area contributed by atoms with Crippen LogP contribution in [0.4, 0.5) is 4.39 Å². The maximum Gasteiger partial charge on any atom is 0.235 e. The highest BCUT2D eigenvalue weighted by atomic mass is 32.2. The summed E-state index contributed by atoms with van der Waals surface area (Å²) in [7, 11) is -3.51. The largest absolute Gasteiger partial charge is 0.487 e. The molecule has 3 aromatic heterocycles. The number of nitrogens with zero attached hydrogens (tertiary/aromatic N) is 3. The highest BCUT2D eigenvalue weighted by Gasteiger charge is 2.32. The second-order valence-corrected chi connectivity index (χ2v) is 10.1. The molecule has 1 saturated heterocycles. The number of aromatic amines is 1. The van der Waals surface area contributed by atoms with Crippen molar-refractivity contribution >= 4 is 21.1 Å². The molecule has 0 unspecified atom stereocenters. The van der Waals surface area contributed by atoms with Crippen LogP contribution in [0.3, 0.4) is 0 Å². The summed E-state index contributed by atoms with van der Waals surface area (Å²) in [5.74, 6) is 0.127. The number of nitrogens with one attached hydrogen (secondary N) is 1. The summed E-state index contributed by atoms with van der Waals surface area (Å²) in [6, 6.07) is 10.5. The Hall–Kier alpha value is -3.56. The molecule has 0 spiro atoms. The standard InChI is InChI=1S/C25H23FN4O3S/c1-3-34(31,32)30-12-9-17(15-30)33-22-14-27-11-8-18(22)24-23(19-13-16(2)6-7-20(19)26)25-21(29-24)5-4-10-28-25/h3-8,10-11,13-14,17,29H,1,9,12,15H2,2H3/t17-/m1/s1. The molecule has 4 aromatic rings. The summed E-state index contributed by atoms with van der Waals surface area (Å²) in [5, 5.41) is 0.949. The van der Waals surface area contributed by atoms with E-state index in [1.807, 2.05) is 19.1 Å². The van der Waals surface area contributed by atoms with Gasteiger partial charge >= 0.3 is 0 Å². The van der Waals surface area contributed by atoms with Gasteiger partial charge in [-0.3, -0.25) is 9.97 Å². The number of halogens is 1. The Kier molecular flexibility index (Phi) is 5.66. The zero-order valence-electron chi connectivity index (χ0n) is 18.5. The Morgan fingerprint density at radius 1 is 1.24 bits per heavy atom. The fourth-order valence-corrected chi connectivity index (χ4v) is 5.25. The third-order valence-electron chi connectivity index (χ3n) is 5.97. The van der Waals surface area contributed by atoms with Gasteiger partial charge in [0.2, 0.25) is 10.0 Å². The minimum Gasteiger partial charge on any atom is -0.487 e. The number of hydrogen-bond donors (Lipinski definition) is 1. The molecule has 1 atom stereocenters. The summed E-state index contributed by atoms with van der Waals surface area (Å²) >= 11 is 0. The van der Waals surface area contributed by atoms with E-state index in [2.05, 4.69) is 21.5 Å². The van der Waals surface area contributed by atoms with Crippen LogP contribution in [-0.4, -0.2) is 46.9 Å². The number of H-pyrrole nitrogens is 1. The first-order valence-corrected chi connectivity index (χ1v) is 12.3. The molecule has 0 aliphatic carbocycles. The van der Waals surface area contributed by atoms with Crippen LogP contribution in [0.5, 0.6) is 5.75 Å². The van der Waals surface area contributed by atoms with Crippen LogP contribution in [0, 0.1) is 12.7 Å². The molecule has 1 N–H and O–H groups in total. The summed E-state index contributed by atoms with van der Waals surface area (Å²) < 4.78 is 46.9. The molecule has 0 saturated carbocycles. The smallest absolute Gasteiger partial charge is 0.235 e. The van der Waals surface area contributed by atoms with E-state index < -0.39 is 10.0 Å². The van der Waals surface area contributed by atoms with Crippen LogP contribution in [0.25, 0.3) is 33.4 Å². The van der Waals surface area contributed by atoms with Gasteiger partial charge in [-0.2, -0.15) is 4.31 Å². The molecule has 0 bridgehead atoms. The average molecular weight is 479 g/mol. The molecule has 1 aliphatic heterocycles. The van der Waals surface area contributed by atoms with Gasteiger partial charge in [0.25, 0.3) is 0 Å². The van der Waals surface area contributed by atoms with Crippen molar-refractivity contribution in [3.8, 4) is 28.1 Å². The number of hydrogen-bond acceptors (Lipinski definition) is 5. The number of aromatic nitrogens is 3. The lowest BCUT2D eigenvalue weighted by Gasteiger charge is -2.17. The monoisotopic (exact) mass is 478 g/mol. The molecule has 9 heteroatoms. The highest BCUT2D eigenvalue weighted by molar-refractivity contribution is 7.92. The molecule has 174 valence electrons. The minimum absolute atomic E-state index is 0.219. The van der Waals surface area contributed by atoms with Gasteiger partial charge in [0.05, 0.1) is 29.5 Å². The zero-order chi connectivity index (χ0) is 23.9. The Balaban J connectivity index is 1.60. The first-order valence-electron chi connectivity index (χ1n) is 10.8. The number of pyridine rings is 2. The summed E-state index contributed by atoms with van der Waals surface area (Å²) in [4.78, 5) is 12.1. The number of fused-ring (bicyclic) bond motifs is 1. The second kappa shape index (κ2) is 8.66. The number of aryl methyl sites for hydroxylation is 1. The molecule has 1 aliphatic rings. The van der Waals surface area contributed by atoms with E-state index in [0.717, 1.165) is 16.5 Å². The Bertz CT molecular complexity index is 1500. The quantitative estimate of drug-likeness (QED) is 0.435. The summed E-state index contributed by atoms with van der Waals surface area (Å²) in [6.45, 7) is 5.87. The Morgan fingerprint density at radius 3 is 2.91 bits per heavy atom. The predicted octanol–water partition coefficient (Wildman–Crippen LogP) is 4.67. The number of sulfonamides is 1. The Labute approximate surface area is 197 Å². The second-order valence-electron chi connectivity index (χ2n) is 8.23. The predicted molar refractivity (Wildman–Crippen MR) is 129 cm³/mol. The summed E-state index contributed by atoms with van der Waals surface area (Å²) in [6.07, 6.45) is 5.10. The fraction of sp³-hybridized carbons (Fsp3) is 0.200. The number of benzene rings is 1. The van der Waals surface area contributed by atoms with Crippen molar-refractivity contribution in [2.24, 2.45) is 0 Å². The SMILES string of the molecule is C=CS(=O)(=O)N1CC[C@@H](Oc2cnccc2-c2[nH]c3cccnc3c2-c2cc(C)ccc2F)C1. The highest BCUT2D eigenvalue weighted by Crippen LogP contribution is 2.42. The number of rotatable bonds is 6. The third-order valence-corrected chi connectivity index (χ3v) is 7.44. The third kappa shape index (κ3) is 3.97. The van der Waals surface area contributed by atoms with Crippen molar-refractivity contribution < 1.29 is 17.5 Å². The topological polar surface area (TPSA) is 88.2 Å². The van der Waals surface area contributed by atoms with E-state index in [1.165, 1.54) is 10.4 Å². The number of ether oxygens (including phenoxy) is 1. The molecule has 1 fully saturated rings. The first kappa shape index (κ1) is 22.2. The van der Waals surface area contributed by atoms with Crippen molar-refractivity contribution in [2.45, 2.75) is 19.4 Å². The van der Waals surface area contributed by atoms with Crippen LogP contribution in [0.15, 0.2) is 67.0 Å². The van der Waals surface area contributed by atoms with Crippen LogP contribution in [0.2, 0.25) is 0 Å². The lowest BCUT2D eigenvalue weighted by molar-refractivity contribution is 0.216. The minimum atomic E-state index is -3.51. The van der Waals surface area contributed by atoms with Crippen LogP contribution in [-0.2, 0) is 10.0 Å². The normalized spacial score (nSPS) is 16.7. The van der Waals surface area contributed by atoms with Crippen molar-refractivity contribution in [3.05, 3.63) is 78.4 Å². The van der Waals surface area contributed by atoms with Crippen molar-refractivity contribution in [3.63, 3.8) is 0 Å². The van der Waals surface area contributed by atoms with Gasteiger partial charge in [-0.05, 0) is 43.7 Å². The van der Waals surface area contributed by atoms with Gasteiger partial charge in [0.15, 0.2) is 0 Å². The van der Waals surface area contributed by atoms with E-state index in [4.69, 9.17) is 4.74 Å². The van der Waals surface area contributed by atoms with Gasteiger partial charge in [-0.1, -0.05) is 18.2 Å². The van der Waals surface area contributed by atoms with Crippen LogP contribution in [0.1, 0.15) is 12.0 Å². The Morgan fingerprint density at radius 2 is 2.09 bits per heavy atom. The van der Waals surface area contributed by atoms with E-state index in [9.17, 15) is 8.42 Å². The van der Waals surface area contributed by atoms with E-state index in [0.29, 0.717) is 46.6 Å². The average Bonchev–Trinajstić information content (AvgIpc) is 3.46. The summed E-state index contributed by atoms with van der Waals surface area (Å²) in [5.41, 5.74) is 4.75. The van der Waals surface area contributed by atoms with Gasteiger partial charge in [-0.25, -0.2) is 12.8 Å². The lowest BCUT2D eigenvalue weighted by atomic mass is 9.98. The molecule has 0 amide bonds. The van der Waals surface area contributed by atoms with Crippen molar-refractivity contribution in [1.29, 1.82) is 0 Å². The molecule has 7 nitrogen and oxygen atoms in total. The van der Waals surface area contributed by atoms with Crippen molar-refractivity contribution in [1.82, 2.24) is 19.3 Å². The molecular weight excluding hydrogens is 455 g/mol. The van der Waals surface area contributed by atoms with Gasteiger partial charge in [-0.15, -0.1) is 0 Å². The maximum atomic E-state index is 15.0. The van der Waals surface area contributed by atoms with E-state index >= 15 is 4.39 Å². The van der Waals surface area contributed by atoms with Gasteiger partial charge < -0.3 is 9.72 Å². The zero-order valence-corrected chi connectivity index (χ0v) is 19.3. The fourth-order valence-electron chi connectivity index (χ4n) is 4.31. The molecule has 1 aromatic carbocycles. The maximum absolute atomic E-state index is 15.0. The van der Waals surface area contributed by atoms with Gasteiger partial charge in [0.1, 0.15) is 17.7 Å². The molecule has 4 heterocycles. The lowest BCUT2D eigenvalue weighted by Crippen LogP contribution is -2.29. The van der Waals surface area contributed by atoms with E-state index in [1.54, 1.807) is 36.8 Å². The van der Waals surface area contributed by atoms with Crippen molar-refractivity contribution in [2.75, 3.05) is 13.1 Å². The molecular formula is C25H23FN4O3S. The molecule has 34 heavy (non-hydrogen) atoms. The van der Waals surface area contributed by atoms with Gasteiger partial charge in [0, 0.05) is 41.0 Å². The van der Waals surface area contributed by atoms with Crippen LogP contribution < -0.4 is 4.74 Å². The first-order chi connectivity index (χ1) is 16.4. The molecule has 5 rings (SSSR count). The van der Waals surface area contributed by atoms with Crippen LogP contribution >= 0.6 is 0 Å². The molecule has 0 radical (unpaired) electrons.